The normalized spacial score (nSPS) is 14.5. The number of carbonyl (C=O) groups is 1. The van der Waals surface area contributed by atoms with Crippen molar-refractivity contribution in [1.29, 1.82) is 0 Å². The first-order valence-electron chi connectivity index (χ1n) is 4.78. The van der Waals surface area contributed by atoms with Gasteiger partial charge >= 0.3 is 0 Å². The Bertz CT molecular complexity index is 401. The lowest BCUT2D eigenvalue weighted by molar-refractivity contribution is 0.112. The Kier molecular flexibility index (Phi) is 2.82. The van der Waals surface area contributed by atoms with Crippen LogP contribution in [0.3, 0.4) is 0 Å². The smallest absolute Gasteiger partial charge is 0.164 e. The van der Waals surface area contributed by atoms with E-state index in [0.717, 1.165) is 18.3 Å². The standard InChI is InChI=1S/C11H11ClO3/c1-7-8(6-13)9(12)5-10-11(7)15-4-2-3-14-10/h5-6H,2-4H2,1H3. The van der Waals surface area contributed by atoms with Gasteiger partial charge in [-0.1, -0.05) is 11.6 Å². The lowest BCUT2D eigenvalue weighted by atomic mass is 10.1. The third kappa shape index (κ3) is 1.79. The molecule has 0 saturated heterocycles. The maximum absolute atomic E-state index is 10.8. The summed E-state index contributed by atoms with van der Waals surface area (Å²) in [7, 11) is 0. The first-order valence-corrected chi connectivity index (χ1v) is 5.15. The van der Waals surface area contributed by atoms with Crippen LogP contribution in [0.4, 0.5) is 0 Å². The van der Waals surface area contributed by atoms with Gasteiger partial charge in [0, 0.05) is 23.6 Å². The second kappa shape index (κ2) is 4.11. The maximum Gasteiger partial charge on any atom is 0.164 e. The van der Waals surface area contributed by atoms with Crippen LogP contribution in [-0.2, 0) is 0 Å². The number of hydrogen-bond acceptors (Lipinski definition) is 3. The summed E-state index contributed by atoms with van der Waals surface area (Å²) in [5.74, 6) is 1.26. The second-order valence-corrected chi connectivity index (χ2v) is 3.80. The summed E-state index contributed by atoms with van der Waals surface area (Å²) in [4.78, 5) is 10.8. The highest BCUT2D eigenvalue weighted by Gasteiger charge is 2.18. The van der Waals surface area contributed by atoms with Crippen molar-refractivity contribution in [3.05, 3.63) is 22.2 Å². The van der Waals surface area contributed by atoms with E-state index in [-0.39, 0.29) is 0 Å². The highest BCUT2D eigenvalue weighted by atomic mass is 35.5. The summed E-state index contributed by atoms with van der Waals surface area (Å²) >= 11 is 5.95. The largest absolute Gasteiger partial charge is 0.489 e. The van der Waals surface area contributed by atoms with Gasteiger partial charge in [-0.25, -0.2) is 0 Å². The predicted molar refractivity (Wildman–Crippen MR) is 57.2 cm³/mol. The molecule has 0 N–H and O–H groups in total. The molecule has 1 heterocycles. The van der Waals surface area contributed by atoms with Crippen LogP contribution >= 0.6 is 11.6 Å². The Hall–Kier alpha value is -1.22. The third-order valence-electron chi connectivity index (χ3n) is 2.39. The molecule has 0 aliphatic carbocycles. The molecule has 80 valence electrons. The maximum atomic E-state index is 10.8. The summed E-state index contributed by atoms with van der Waals surface area (Å²) in [5.41, 5.74) is 1.22. The molecule has 0 fully saturated rings. The van der Waals surface area contributed by atoms with Crippen molar-refractivity contribution in [2.24, 2.45) is 0 Å². The summed E-state index contributed by atoms with van der Waals surface area (Å²) < 4.78 is 11.0. The molecule has 2 rings (SSSR count). The van der Waals surface area contributed by atoms with Gasteiger partial charge in [0.2, 0.25) is 0 Å². The number of ether oxygens (including phenoxy) is 2. The number of rotatable bonds is 1. The van der Waals surface area contributed by atoms with Crippen LogP contribution in [0.25, 0.3) is 0 Å². The quantitative estimate of drug-likeness (QED) is 0.691. The molecule has 0 bridgehead atoms. The lowest BCUT2D eigenvalue weighted by Crippen LogP contribution is -1.99. The molecule has 0 spiro atoms. The highest BCUT2D eigenvalue weighted by molar-refractivity contribution is 6.33. The first-order chi connectivity index (χ1) is 7.24. The summed E-state index contributed by atoms with van der Waals surface area (Å²) in [5, 5.41) is 0.409. The van der Waals surface area contributed by atoms with E-state index in [1.165, 1.54) is 0 Å². The van der Waals surface area contributed by atoms with E-state index in [1.54, 1.807) is 6.07 Å². The van der Waals surface area contributed by atoms with E-state index in [1.807, 2.05) is 6.92 Å². The Morgan fingerprint density at radius 3 is 2.87 bits per heavy atom. The number of carbonyl (C=O) groups excluding carboxylic acids is 1. The highest BCUT2D eigenvalue weighted by Crippen LogP contribution is 2.38. The zero-order valence-corrected chi connectivity index (χ0v) is 9.13. The zero-order chi connectivity index (χ0) is 10.8. The Morgan fingerprint density at radius 1 is 1.40 bits per heavy atom. The molecular formula is C11H11ClO3. The van der Waals surface area contributed by atoms with Crippen molar-refractivity contribution in [1.82, 2.24) is 0 Å². The van der Waals surface area contributed by atoms with Crippen LogP contribution < -0.4 is 9.47 Å². The number of aldehydes is 1. The molecule has 1 aliphatic rings. The first kappa shape index (κ1) is 10.3. The van der Waals surface area contributed by atoms with Gasteiger partial charge in [0.25, 0.3) is 0 Å². The van der Waals surface area contributed by atoms with Crippen molar-refractivity contribution < 1.29 is 14.3 Å². The van der Waals surface area contributed by atoms with Crippen molar-refractivity contribution in [3.8, 4) is 11.5 Å². The summed E-state index contributed by atoms with van der Waals surface area (Å²) in [6.45, 7) is 3.03. The Balaban J connectivity index is 2.58. The van der Waals surface area contributed by atoms with Crippen molar-refractivity contribution >= 4 is 17.9 Å². The van der Waals surface area contributed by atoms with Gasteiger partial charge < -0.3 is 9.47 Å². The molecule has 0 unspecified atom stereocenters. The van der Waals surface area contributed by atoms with E-state index in [0.29, 0.717) is 35.3 Å². The SMILES string of the molecule is Cc1c(C=O)c(Cl)cc2c1OCCCO2. The molecule has 0 saturated carbocycles. The van der Waals surface area contributed by atoms with Gasteiger partial charge in [-0.2, -0.15) is 0 Å². The minimum absolute atomic E-state index is 0.409. The monoisotopic (exact) mass is 226 g/mol. The molecule has 0 aromatic heterocycles. The lowest BCUT2D eigenvalue weighted by Gasteiger charge is -2.12. The van der Waals surface area contributed by atoms with Crippen LogP contribution in [0, 0.1) is 6.92 Å². The molecule has 0 atom stereocenters. The third-order valence-corrected chi connectivity index (χ3v) is 2.71. The van der Waals surface area contributed by atoms with Crippen LogP contribution in [0.2, 0.25) is 5.02 Å². The summed E-state index contributed by atoms with van der Waals surface area (Å²) in [6, 6.07) is 1.64. The Morgan fingerprint density at radius 2 is 2.13 bits per heavy atom. The molecule has 1 aromatic rings. The molecule has 0 amide bonds. The van der Waals surface area contributed by atoms with Crippen LogP contribution in [-0.4, -0.2) is 19.5 Å². The number of fused-ring (bicyclic) bond motifs is 1. The average molecular weight is 227 g/mol. The van der Waals surface area contributed by atoms with Crippen molar-refractivity contribution in [2.45, 2.75) is 13.3 Å². The minimum atomic E-state index is 0.409. The van der Waals surface area contributed by atoms with E-state index in [2.05, 4.69) is 0 Å². The van der Waals surface area contributed by atoms with Gasteiger partial charge in [0.15, 0.2) is 17.8 Å². The molecule has 1 aliphatic heterocycles. The van der Waals surface area contributed by atoms with Gasteiger partial charge in [0.05, 0.1) is 18.2 Å². The van der Waals surface area contributed by atoms with Crippen LogP contribution in [0.1, 0.15) is 22.3 Å². The number of halogens is 1. The fourth-order valence-electron chi connectivity index (χ4n) is 1.59. The van der Waals surface area contributed by atoms with Gasteiger partial charge in [-0.3, -0.25) is 4.79 Å². The van der Waals surface area contributed by atoms with Gasteiger partial charge in [-0.15, -0.1) is 0 Å². The fraction of sp³-hybridized carbons (Fsp3) is 0.364. The fourth-order valence-corrected chi connectivity index (χ4v) is 1.88. The second-order valence-electron chi connectivity index (χ2n) is 3.39. The molecular weight excluding hydrogens is 216 g/mol. The van der Waals surface area contributed by atoms with E-state index < -0.39 is 0 Å². The van der Waals surface area contributed by atoms with Crippen molar-refractivity contribution in [3.63, 3.8) is 0 Å². The molecule has 4 heteroatoms. The van der Waals surface area contributed by atoms with Crippen molar-refractivity contribution in [2.75, 3.05) is 13.2 Å². The minimum Gasteiger partial charge on any atom is -0.489 e. The van der Waals surface area contributed by atoms with Gasteiger partial charge in [-0.05, 0) is 6.92 Å². The number of benzene rings is 1. The predicted octanol–water partition coefficient (Wildman–Crippen LogP) is 2.62. The molecule has 3 nitrogen and oxygen atoms in total. The number of hydrogen-bond donors (Lipinski definition) is 0. The molecule has 0 radical (unpaired) electrons. The molecule has 1 aromatic carbocycles. The van der Waals surface area contributed by atoms with E-state index in [9.17, 15) is 4.79 Å². The molecule has 15 heavy (non-hydrogen) atoms. The van der Waals surface area contributed by atoms with Gasteiger partial charge in [0.1, 0.15) is 0 Å². The van der Waals surface area contributed by atoms with Crippen LogP contribution in [0.5, 0.6) is 11.5 Å². The zero-order valence-electron chi connectivity index (χ0n) is 8.38. The Labute approximate surface area is 92.9 Å². The van der Waals surface area contributed by atoms with E-state index in [4.69, 9.17) is 21.1 Å². The van der Waals surface area contributed by atoms with Crippen LogP contribution in [0.15, 0.2) is 6.07 Å². The topological polar surface area (TPSA) is 35.5 Å². The average Bonchev–Trinajstić information content (AvgIpc) is 2.43. The summed E-state index contributed by atoms with van der Waals surface area (Å²) in [6.07, 6.45) is 1.58. The van der Waals surface area contributed by atoms with E-state index >= 15 is 0 Å².